The third-order valence-corrected chi connectivity index (χ3v) is 4.67. The zero-order valence-electron chi connectivity index (χ0n) is 10.8. The van der Waals surface area contributed by atoms with Gasteiger partial charge in [-0.3, -0.25) is 0 Å². The maximum atomic E-state index is 6.06. The fourth-order valence-corrected chi connectivity index (χ4v) is 3.47. The van der Waals surface area contributed by atoms with Gasteiger partial charge in [0.1, 0.15) is 0 Å². The maximum absolute atomic E-state index is 6.06. The van der Waals surface area contributed by atoms with Crippen LogP contribution in [-0.4, -0.2) is 11.5 Å². The lowest BCUT2D eigenvalue weighted by Crippen LogP contribution is -2.09. The van der Waals surface area contributed by atoms with E-state index in [1.807, 2.05) is 30.3 Å². The largest absolute Gasteiger partial charge is 0.350 e. The van der Waals surface area contributed by atoms with Crippen LogP contribution in [-0.2, 0) is 0 Å². The molecule has 1 aromatic heterocycles. The number of aromatic amines is 1. The number of nitrogens with two attached hydrogens (primary N) is 1. The van der Waals surface area contributed by atoms with Gasteiger partial charge in [-0.2, -0.15) is 0 Å². The summed E-state index contributed by atoms with van der Waals surface area (Å²) < 4.78 is 0. The summed E-state index contributed by atoms with van der Waals surface area (Å²) in [6, 6.07) is 18.3. The molecule has 0 bridgehead atoms. The van der Waals surface area contributed by atoms with Crippen molar-refractivity contribution in [2.24, 2.45) is 5.73 Å². The smallest absolute Gasteiger partial charge is 0.0738 e. The Bertz CT molecular complexity index is 690. The molecule has 2 nitrogen and oxygen atoms in total. The molecule has 0 spiro atoms. The van der Waals surface area contributed by atoms with Crippen molar-refractivity contribution in [3.05, 3.63) is 65.2 Å². The van der Waals surface area contributed by atoms with E-state index in [4.69, 9.17) is 17.3 Å². The molecule has 4 heteroatoms. The van der Waals surface area contributed by atoms with Crippen molar-refractivity contribution in [3.63, 3.8) is 0 Å². The van der Waals surface area contributed by atoms with E-state index in [-0.39, 0.29) is 5.25 Å². The average Bonchev–Trinajstić information content (AvgIpc) is 2.87. The van der Waals surface area contributed by atoms with E-state index in [1.54, 1.807) is 11.8 Å². The highest BCUT2D eigenvalue weighted by molar-refractivity contribution is 7.99. The molecule has 0 saturated heterocycles. The predicted molar refractivity (Wildman–Crippen MR) is 87.4 cm³/mol. The Kier molecular flexibility index (Phi) is 4.01. The normalized spacial score (nSPS) is 12.7. The second-order valence-corrected chi connectivity index (χ2v) is 6.30. The molecule has 0 radical (unpaired) electrons. The number of H-pyrrole nitrogens is 1. The first-order chi connectivity index (χ1) is 9.76. The van der Waals surface area contributed by atoms with Gasteiger partial charge in [0, 0.05) is 27.7 Å². The van der Waals surface area contributed by atoms with Crippen LogP contribution in [0.25, 0.3) is 10.9 Å². The number of aromatic nitrogens is 1. The summed E-state index contributed by atoms with van der Waals surface area (Å²) in [4.78, 5) is 3.42. The van der Waals surface area contributed by atoms with Gasteiger partial charge in [0.15, 0.2) is 0 Å². The molecular formula is C16H15ClN2S. The standard InChI is InChI=1S/C16H15ClN2S/c17-13-6-3-5-12(8-13)15(10-18)20-16-9-11-4-1-2-7-14(11)19-16/h1-9,15,19H,10,18H2. The molecule has 3 N–H and O–H groups in total. The van der Waals surface area contributed by atoms with Crippen molar-refractivity contribution in [3.8, 4) is 0 Å². The number of fused-ring (bicyclic) bond motifs is 1. The second-order valence-electron chi connectivity index (χ2n) is 4.62. The molecule has 1 heterocycles. The van der Waals surface area contributed by atoms with E-state index >= 15 is 0 Å². The number of hydrogen-bond acceptors (Lipinski definition) is 2. The van der Waals surface area contributed by atoms with Gasteiger partial charge in [-0.05, 0) is 29.8 Å². The zero-order chi connectivity index (χ0) is 13.9. The van der Waals surface area contributed by atoms with E-state index < -0.39 is 0 Å². The fraction of sp³-hybridized carbons (Fsp3) is 0.125. The Morgan fingerprint density at radius 1 is 1.10 bits per heavy atom. The second kappa shape index (κ2) is 5.92. The summed E-state index contributed by atoms with van der Waals surface area (Å²) in [7, 11) is 0. The zero-order valence-corrected chi connectivity index (χ0v) is 12.4. The summed E-state index contributed by atoms with van der Waals surface area (Å²) in [5.41, 5.74) is 8.23. The van der Waals surface area contributed by atoms with Crippen LogP contribution in [0, 0.1) is 0 Å². The maximum Gasteiger partial charge on any atom is 0.0738 e. The van der Waals surface area contributed by atoms with Crippen molar-refractivity contribution in [2.45, 2.75) is 10.3 Å². The van der Waals surface area contributed by atoms with E-state index in [0.717, 1.165) is 21.1 Å². The molecule has 0 amide bonds. The van der Waals surface area contributed by atoms with Crippen LogP contribution < -0.4 is 5.73 Å². The van der Waals surface area contributed by atoms with E-state index in [9.17, 15) is 0 Å². The Hall–Kier alpha value is -1.42. The summed E-state index contributed by atoms with van der Waals surface area (Å²) in [5, 5.41) is 3.29. The first-order valence-corrected chi connectivity index (χ1v) is 7.72. The Balaban J connectivity index is 1.87. The Morgan fingerprint density at radius 3 is 2.70 bits per heavy atom. The van der Waals surface area contributed by atoms with Gasteiger partial charge >= 0.3 is 0 Å². The lowest BCUT2D eigenvalue weighted by atomic mass is 10.1. The number of hydrogen-bond donors (Lipinski definition) is 2. The number of nitrogens with one attached hydrogen (secondary N) is 1. The highest BCUT2D eigenvalue weighted by Crippen LogP contribution is 2.36. The van der Waals surface area contributed by atoms with Crippen LogP contribution in [0.1, 0.15) is 10.8 Å². The molecule has 3 rings (SSSR count). The SMILES string of the molecule is NCC(Sc1cc2ccccc2[nH]1)c1cccc(Cl)c1. The fourth-order valence-electron chi connectivity index (χ4n) is 2.22. The minimum absolute atomic E-state index is 0.196. The molecule has 3 aromatic rings. The highest BCUT2D eigenvalue weighted by atomic mass is 35.5. The van der Waals surface area contributed by atoms with Crippen molar-refractivity contribution in [2.75, 3.05) is 6.54 Å². The van der Waals surface area contributed by atoms with Gasteiger partial charge in [-0.15, -0.1) is 0 Å². The number of rotatable bonds is 4. The van der Waals surface area contributed by atoms with Crippen LogP contribution in [0.3, 0.4) is 0 Å². The van der Waals surface area contributed by atoms with E-state index in [1.165, 1.54) is 5.39 Å². The highest BCUT2D eigenvalue weighted by Gasteiger charge is 2.13. The molecular weight excluding hydrogens is 288 g/mol. The molecule has 1 unspecified atom stereocenters. The van der Waals surface area contributed by atoms with Gasteiger partial charge in [0.05, 0.1) is 5.03 Å². The monoisotopic (exact) mass is 302 g/mol. The summed E-state index contributed by atoms with van der Waals surface area (Å²) in [5.74, 6) is 0. The number of thioether (sulfide) groups is 1. The first-order valence-electron chi connectivity index (χ1n) is 6.46. The van der Waals surface area contributed by atoms with Crippen LogP contribution in [0.2, 0.25) is 5.02 Å². The predicted octanol–water partition coefficient (Wildman–Crippen LogP) is 4.61. The Labute approximate surface area is 127 Å². The van der Waals surface area contributed by atoms with Crippen molar-refractivity contribution in [1.29, 1.82) is 0 Å². The molecule has 0 saturated carbocycles. The third-order valence-electron chi connectivity index (χ3n) is 3.21. The molecule has 0 aliphatic heterocycles. The van der Waals surface area contributed by atoms with Gasteiger partial charge in [0.2, 0.25) is 0 Å². The summed E-state index contributed by atoms with van der Waals surface area (Å²) >= 11 is 7.79. The number of benzene rings is 2. The Morgan fingerprint density at radius 2 is 1.95 bits per heavy atom. The van der Waals surface area contributed by atoms with E-state index in [0.29, 0.717) is 6.54 Å². The van der Waals surface area contributed by atoms with Crippen LogP contribution in [0.5, 0.6) is 0 Å². The van der Waals surface area contributed by atoms with Gasteiger partial charge < -0.3 is 10.7 Å². The molecule has 0 aliphatic carbocycles. The lowest BCUT2D eigenvalue weighted by molar-refractivity contribution is 0.938. The minimum Gasteiger partial charge on any atom is -0.350 e. The van der Waals surface area contributed by atoms with Crippen LogP contribution in [0.4, 0.5) is 0 Å². The van der Waals surface area contributed by atoms with Crippen molar-refractivity contribution < 1.29 is 0 Å². The molecule has 0 aliphatic rings. The van der Waals surface area contributed by atoms with Gasteiger partial charge in [-0.1, -0.05) is 53.7 Å². The van der Waals surface area contributed by atoms with Crippen molar-refractivity contribution >= 4 is 34.3 Å². The summed E-state index contributed by atoms with van der Waals surface area (Å²) in [6.07, 6.45) is 0. The van der Waals surface area contributed by atoms with Crippen LogP contribution >= 0.6 is 23.4 Å². The molecule has 2 aromatic carbocycles. The molecule has 0 fully saturated rings. The topological polar surface area (TPSA) is 41.8 Å². The summed E-state index contributed by atoms with van der Waals surface area (Å²) in [6.45, 7) is 0.570. The third kappa shape index (κ3) is 2.85. The van der Waals surface area contributed by atoms with E-state index in [2.05, 4.69) is 29.2 Å². The number of halogens is 1. The van der Waals surface area contributed by atoms with Gasteiger partial charge in [0.25, 0.3) is 0 Å². The number of para-hydroxylation sites is 1. The first kappa shape index (κ1) is 13.6. The lowest BCUT2D eigenvalue weighted by Gasteiger charge is -2.14. The van der Waals surface area contributed by atoms with Crippen LogP contribution in [0.15, 0.2) is 59.6 Å². The van der Waals surface area contributed by atoms with Gasteiger partial charge in [-0.25, -0.2) is 0 Å². The molecule has 102 valence electrons. The molecule has 1 atom stereocenters. The van der Waals surface area contributed by atoms with Crippen molar-refractivity contribution in [1.82, 2.24) is 4.98 Å². The minimum atomic E-state index is 0.196. The molecule has 20 heavy (non-hydrogen) atoms. The average molecular weight is 303 g/mol. The quantitative estimate of drug-likeness (QED) is 0.691.